The Bertz CT molecular complexity index is 703. The Hall–Kier alpha value is -1.23. The number of rotatable bonds is 2. The zero-order valence-electron chi connectivity index (χ0n) is 9.43. The topological polar surface area (TPSA) is 33.1 Å². The Morgan fingerprint density at radius 2 is 1.89 bits per heavy atom. The summed E-state index contributed by atoms with van der Waals surface area (Å²) in [5, 5.41) is 11.8. The number of nitrogens with zero attached hydrogens (tertiary/aromatic N) is 1. The van der Waals surface area contributed by atoms with Gasteiger partial charge in [0.15, 0.2) is 3.92 Å². The Morgan fingerprint density at radius 3 is 2.72 bits per heavy atom. The van der Waals surface area contributed by atoms with E-state index in [0.29, 0.717) is 0 Å². The van der Waals surface area contributed by atoms with Gasteiger partial charge in [-0.05, 0) is 26.7 Å². The summed E-state index contributed by atoms with van der Waals surface area (Å²) in [5.41, 5.74) is 1.94. The molecule has 0 atom stereocenters. The number of fused-ring (bicyclic) bond motifs is 1. The van der Waals surface area contributed by atoms with Crippen LogP contribution in [0.4, 0.5) is 0 Å². The molecule has 0 bridgehead atoms. The molecule has 18 heavy (non-hydrogen) atoms. The largest absolute Gasteiger partial charge is 0.391 e. The van der Waals surface area contributed by atoms with Crippen molar-refractivity contribution >= 4 is 38.0 Å². The summed E-state index contributed by atoms with van der Waals surface area (Å²) in [5.74, 6) is 0. The first-order valence-corrected chi connectivity index (χ1v) is 7.15. The highest BCUT2D eigenvalue weighted by atomic mass is 79.9. The standard InChI is InChI=1S/C14H10BrNOS/c15-14-16-13(12(8-17)18-14)11-7-3-5-9-4-1-2-6-10(9)11/h1-7,17H,8H2. The summed E-state index contributed by atoms with van der Waals surface area (Å²) in [6.45, 7) is 0.0157. The molecular weight excluding hydrogens is 310 g/mol. The van der Waals surface area contributed by atoms with Gasteiger partial charge < -0.3 is 5.11 Å². The predicted molar refractivity (Wildman–Crippen MR) is 78.7 cm³/mol. The lowest BCUT2D eigenvalue weighted by Gasteiger charge is -2.05. The average Bonchev–Trinajstić information content (AvgIpc) is 2.79. The van der Waals surface area contributed by atoms with E-state index in [1.54, 1.807) is 0 Å². The molecule has 4 heteroatoms. The van der Waals surface area contributed by atoms with Crippen LogP contribution in [0.25, 0.3) is 22.0 Å². The number of hydrogen-bond donors (Lipinski definition) is 1. The van der Waals surface area contributed by atoms with E-state index in [2.05, 4.69) is 39.1 Å². The molecule has 1 N–H and O–H groups in total. The van der Waals surface area contributed by atoms with Crippen LogP contribution in [0.5, 0.6) is 0 Å². The monoisotopic (exact) mass is 319 g/mol. The molecule has 0 unspecified atom stereocenters. The molecule has 2 nitrogen and oxygen atoms in total. The van der Waals surface area contributed by atoms with Crippen LogP contribution < -0.4 is 0 Å². The Morgan fingerprint density at radius 1 is 1.11 bits per heavy atom. The highest BCUT2D eigenvalue weighted by Gasteiger charge is 2.13. The smallest absolute Gasteiger partial charge is 0.160 e. The van der Waals surface area contributed by atoms with Crippen molar-refractivity contribution in [3.8, 4) is 11.3 Å². The number of halogens is 1. The second-order valence-electron chi connectivity index (χ2n) is 3.92. The van der Waals surface area contributed by atoms with Gasteiger partial charge in [0, 0.05) is 5.56 Å². The van der Waals surface area contributed by atoms with Gasteiger partial charge in [0.2, 0.25) is 0 Å². The molecule has 0 saturated carbocycles. The molecule has 0 fully saturated rings. The van der Waals surface area contributed by atoms with E-state index in [0.717, 1.165) is 25.4 Å². The highest BCUT2D eigenvalue weighted by Crippen LogP contribution is 2.35. The van der Waals surface area contributed by atoms with Crippen LogP contribution in [0.1, 0.15) is 4.88 Å². The van der Waals surface area contributed by atoms with Gasteiger partial charge in [-0.25, -0.2) is 4.98 Å². The van der Waals surface area contributed by atoms with Crippen LogP contribution in [-0.2, 0) is 6.61 Å². The molecular formula is C14H10BrNOS. The maximum Gasteiger partial charge on any atom is 0.160 e. The quantitative estimate of drug-likeness (QED) is 0.767. The molecule has 0 radical (unpaired) electrons. The lowest BCUT2D eigenvalue weighted by Crippen LogP contribution is -1.86. The zero-order valence-corrected chi connectivity index (χ0v) is 11.8. The van der Waals surface area contributed by atoms with Crippen molar-refractivity contribution in [1.82, 2.24) is 4.98 Å². The molecule has 0 aliphatic rings. The molecule has 0 aliphatic heterocycles. The highest BCUT2D eigenvalue weighted by molar-refractivity contribution is 9.11. The predicted octanol–water partition coefficient (Wildman–Crippen LogP) is 4.22. The molecule has 3 rings (SSSR count). The number of thiazole rings is 1. The van der Waals surface area contributed by atoms with Crippen LogP contribution >= 0.6 is 27.3 Å². The maximum atomic E-state index is 9.41. The number of aromatic nitrogens is 1. The van der Waals surface area contributed by atoms with Crippen LogP contribution in [-0.4, -0.2) is 10.1 Å². The maximum absolute atomic E-state index is 9.41. The first-order chi connectivity index (χ1) is 8.79. The van der Waals surface area contributed by atoms with E-state index in [9.17, 15) is 5.11 Å². The van der Waals surface area contributed by atoms with Gasteiger partial charge in [-0.2, -0.15) is 0 Å². The summed E-state index contributed by atoms with van der Waals surface area (Å²) >= 11 is 4.85. The van der Waals surface area contributed by atoms with E-state index in [4.69, 9.17) is 0 Å². The Kier molecular flexibility index (Phi) is 3.16. The minimum Gasteiger partial charge on any atom is -0.391 e. The van der Waals surface area contributed by atoms with E-state index < -0.39 is 0 Å². The van der Waals surface area contributed by atoms with Crippen molar-refractivity contribution in [2.75, 3.05) is 0 Å². The van der Waals surface area contributed by atoms with Crippen molar-refractivity contribution in [2.24, 2.45) is 0 Å². The summed E-state index contributed by atoms with van der Waals surface area (Å²) in [7, 11) is 0. The third kappa shape index (κ3) is 1.96. The fourth-order valence-corrected chi connectivity index (χ4v) is 3.49. The minimum atomic E-state index is 0.0157. The third-order valence-electron chi connectivity index (χ3n) is 2.86. The molecule has 0 amide bonds. The molecule has 0 spiro atoms. The molecule has 1 aromatic heterocycles. The number of hydrogen-bond acceptors (Lipinski definition) is 3. The lowest BCUT2D eigenvalue weighted by molar-refractivity contribution is 0.286. The van der Waals surface area contributed by atoms with Crippen molar-refractivity contribution in [3.05, 3.63) is 51.3 Å². The van der Waals surface area contributed by atoms with Gasteiger partial charge in [-0.3, -0.25) is 0 Å². The first-order valence-electron chi connectivity index (χ1n) is 5.54. The van der Waals surface area contributed by atoms with E-state index in [-0.39, 0.29) is 6.61 Å². The fourth-order valence-electron chi connectivity index (χ4n) is 2.07. The summed E-state index contributed by atoms with van der Waals surface area (Å²) < 4.78 is 0.800. The van der Waals surface area contributed by atoms with Crippen molar-refractivity contribution in [1.29, 1.82) is 0 Å². The van der Waals surface area contributed by atoms with Crippen molar-refractivity contribution in [3.63, 3.8) is 0 Å². The molecule has 90 valence electrons. The number of benzene rings is 2. The minimum absolute atomic E-state index is 0.0157. The number of aliphatic hydroxyl groups excluding tert-OH is 1. The van der Waals surface area contributed by atoms with Gasteiger partial charge in [-0.1, -0.05) is 42.5 Å². The summed E-state index contributed by atoms with van der Waals surface area (Å²) in [4.78, 5) is 5.36. The second-order valence-corrected chi connectivity index (χ2v) is 6.28. The third-order valence-corrected chi connectivity index (χ3v) is 4.35. The lowest BCUT2D eigenvalue weighted by atomic mass is 10.0. The van der Waals surface area contributed by atoms with E-state index in [1.807, 2.05) is 24.3 Å². The van der Waals surface area contributed by atoms with Crippen LogP contribution in [0.3, 0.4) is 0 Å². The zero-order chi connectivity index (χ0) is 12.5. The van der Waals surface area contributed by atoms with Gasteiger partial charge >= 0.3 is 0 Å². The normalized spacial score (nSPS) is 11.0. The molecule has 0 aliphatic carbocycles. The van der Waals surface area contributed by atoms with E-state index in [1.165, 1.54) is 16.7 Å². The second kappa shape index (κ2) is 4.80. The fraction of sp³-hybridized carbons (Fsp3) is 0.0714. The first kappa shape index (κ1) is 11.8. The SMILES string of the molecule is OCc1sc(Br)nc1-c1cccc2ccccc12. The van der Waals surface area contributed by atoms with E-state index >= 15 is 0 Å². The number of aliphatic hydroxyl groups is 1. The van der Waals surface area contributed by atoms with Gasteiger partial charge in [-0.15, -0.1) is 11.3 Å². The van der Waals surface area contributed by atoms with Gasteiger partial charge in [0.05, 0.1) is 17.2 Å². The van der Waals surface area contributed by atoms with Crippen LogP contribution in [0.15, 0.2) is 46.4 Å². The van der Waals surface area contributed by atoms with Crippen molar-refractivity contribution < 1.29 is 5.11 Å². The van der Waals surface area contributed by atoms with Crippen molar-refractivity contribution in [2.45, 2.75) is 6.61 Å². The average molecular weight is 320 g/mol. The van der Waals surface area contributed by atoms with Crippen LogP contribution in [0.2, 0.25) is 0 Å². The summed E-state index contributed by atoms with van der Waals surface area (Å²) in [6.07, 6.45) is 0. The van der Waals surface area contributed by atoms with Gasteiger partial charge in [0.25, 0.3) is 0 Å². The summed E-state index contributed by atoms with van der Waals surface area (Å²) in [6, 6.07) is 14.4. The molecule has 1 heterocycles. The molecule has 3 aromatic rings. The Balaban J connectivity index is 2.31. The van der Waals surface area contributed by atoms with Gasteiger partial charge in [0.1, 0.15) is 0 Å². The Labute approximate surface area is 117 Å². The van der Waals surface area contributed by atoms with Crippen LogP contribution in [0, 0.1) is 0 Å². The molecule has 2 aromatic carbocycles. The molecule has 0 saturated heterocycles.